The Kier molecular flexibility index (Phi) is 7.01. The Morgan fingerprint density at radius 2 is 1.50 bits per heavy atom. The van der Waals surface area contributed by atoms with Crippen molar-refractivity contribution in [3.05, 3.63) is 11.8 Å². The molecule has 0 bridgehead atoms. The van der Waals surface area contributed by atoms with Crippen LogP contribution in [-0.2, 0) is 9.16 Å². The predicted octanol–water partition coefficient (Wildman–Crippen LogP) is 6.68. The normalized spacial score (nSPS) is 27.0. The zero-order valence-electron chi connectivity index (χ0n) is 17.1. The van der Waals surface area contributed by atoms with Crippen LogP contribution in [0.25, 0.3) is 0 Å². The van der Waals surface area contributed by atoms with Crippen LogP contribution in [0.5, 0.6) is 0 Å². The monoisotopic (exact) mass is 352 g/mol. The number of hydrogen-bond acceptors (Lipinski definition) is 2. The number of rotatable bonds is 6. The molecule has 3 heteroatoms. The van der Waals surface area contributed by atoms with Gasteiger partial charge in [-0.05, 0) is 41.5 Å². The molecular weight excluding hydrogens is 312 g/mol. The van der Waals surface area contributed by atoms with E-state index in [1.165, 1.54) is 37.9 Å². The average Bonchev–Trinajstić information content (AvgIpc) is 2.53. The first-order valence-corrected chi connectivity index (χ1v) is 12.4. The summed E-state index contributed by atoms with van der Waals surface area (Å²) >= 11 is 0. The van der Waals surface area contributed by atoms with Crippen LogP contribution < -0.4 is 0 Å². The van der Waals surface area contributed by atoms with Crippen molar-refractivity contribution >= 4 is 8.32 Å². The van der Waals surface area contributed by atoms with Gasteiger partial charge in [0.25, 0.3) is 8.32 Å². The maximum atomic E-state index is 7.02. The Balaban J connectivity index is 2.18. The molecule has 0 spiro atoms. The highest BCUT2D eigenvalue weighted by Gasteiger charge is 2.48. The molecule has 0 aromatic heterocycles. The van der Waals surface area contributed by atoms with E-state index >= 15 is 0 Å². The summed E-state index contributed by atoms with van der Waals surface area (Å²) in [6.07, 6.45) is 9.43. The lowest BCUT2D eigenvalue weighted by molar-refractivity contribution is -0.0320. The second-order valence-electron chi connectivity index (χ2n) is 9.01. The van der Waals surface area contributed by atoms with E-state index in [0.29, 0.717) is 28.6 Å². The topological polar surface area (TPSA) is 18.5 Å². The van der Waals surface area contributed by atoms with E-state index in [9.17, 15) is 0 Å². The lowest BCUT2D eigenvalue weighted by Crippen LogP contribution is -2.49. The van der Waals surface area contributed by atoms with Crippen molar-refractivity contribution in [2.24, 2.45) is 11.8 Å². The molecular formula is C21H40O2Si. The van der Waals surface area contributed by atoms with Gasteiger partial charge < -0.3 is 9.16 Å². The first kappa shape index (κ1) is 20.0. The van der Waals surface area contributed by atoms with E-state index in [1.807, 2.05) is 0 Å². The van der Waals surface area contributed by atoms with E-state index in [2.05, 4.69) is 54.5 Å². The summed E-state index contributed by atoms with van der Waals surface area (Å²) in [5, 5.41) is 0. The van der Waals surface area contributed by atoms with Gasteiger partial charge in [-0.25, -0.2) is 0 Å². The van der Waals surface area contributed by atoms with Crippen molar-refractivity contribution in [1.82, 2.24) is 0 Å². The first-order chi connectivity index (χ1) is 11.3. The molecule has 24 heavy (non-hydrogen) atoms. The molecule has 1 aliphatic carbocycles. The summed E-state index contributed by atoms with van der Waals surface area (Å²) < 4.78 is 13.2. The largest absolute Gasteiger partial charge is 0.546 e. The van der Waals surface area contributed by atoms with Gasteiger partial charge in [0.1, 0.15) is 0 Å². The summed E-state index contributed by atoms with van der Waals surface area (Å²) in [4.78, 5) is 0. The molecule has 0 N–H and O–H groups in total. The first-order valence-electron chi connectivity index (χ1n) is 10.3. The molecule has 1 fully saturated rings. The minimum Gasteiger partial charge on any atom is -0.546 e. The smallest absolute Gasteiger partial charge is 0.258 e. The van der Waals surface area contributed by atoms with Crippen LogP contribution in [0.15, 0.2) is 11.8 Å². The molecule has 0 unspecified atom stereocenters. The quantitative estimate of drug-likeness (QED) is 0.496. The van der Waals surface area contributed by atoms with Crippen molar-refractivity contribution in [3.63, 3.8) is 0 Å². The fourth-order valence-corrected chi connectivity index (χ4v) is 10.8. The predicted molar refractivity (Wildman–Crippen MR) is 106 cm³/mol. The van der Waals surface area contributed by atoms with Crippen LogP contribution >= 0.6 is 0 Å². The standard InChI is InChI=1S/C21H40O2Si/c1-15(2)24(16(3)4,17(5)6)23-20-13-14-22-21(18(20)7)19-11-9-8-10-12-19/h13,15-19,21H,8-12,14H2,1-7H3/t18-,21-/m0/s1. The molecule has 0 radical (unpaired) electrons. The molecule has 140 valence electrons. The van der Waals surface area contributed by atoms with Gasteiger partial charge in [0.15, 0.2) is 0 Å². The van der Waals surface area contributed by atoms with Crippen molar-refractivity contribution in [2.75, 3.05) is 6.61 Å². The third kappa shape index (κ3) is 3.93. The van der Waals surface area contributed by atoms with Gasteiger partial charge in [-0.15, -0.1) is 0 Å². The summed E-state index contributed by atoms with van der Waals surface area (Å²) in [5.74, 6) is 2.39. The Morgan fingerprint density at radius 1 is 0.958 bits per heavy atom. The van der Waals surface area contributed by atoms with E-state index in [0.717, 1.165) is 12.5 Å². The van der Waals surface area contributed by atoms with E-state index in [1.54, 1.807) is 0 Å². The van der Waals surface area contributed by atoms with Crippen LogP contribution in [0, 0.1) is 11.8 Å². The minimum atomic E-state index is -1.86. The van der Waals surface area contributed by atoms with Crippen molar-refractivity contribution in [2.45, 2.75) is 103 Å². The van der Waals surface area contributed by atoms with Gasteiger partial charge in [-0.2, -0.15) is 0 Å². The van der Waals surface area contributed by atoms with E-state index in [4.69, 9.17) is 9.16 Å². The average molecular weight is 353 g/mol. The van der Waals surface area contributed by atoms with Gasteiger partial charge in [-0.1, -0.05) is 67.7 Å². The fraction of sp³-hybridized carbons (Fsp3) is 0.905. The summed E-state index contributed by atoms with van der Waals surface area (Å²) in [6.45, 7) is 17.3. The zero-order valence-corrected chi connectivity index (χ0v) is 18.1. The maximum Gasteiger partial charge on any atom is 0.258 e. The van der Waals surface area contributed by atoms with Crippen molar-refractivity contribution < 1.29 is 9.16 Å². The summed E-state index contributed by atoms with van der Waals surface area (Å²) in [7, 11) is -1.86. The molecule has 2 rings (SSSR count). The third-order valence-electron chi connectivity index (χ3n) is 6.63. The molecule has 2 nitrogen and oxygen atoms in total. The van der Waals surface area contributed by atoms with Gasteiger partial charge in [0.05, 0.1) is 18.5 Å². The molecule has 0 aromatic carbocycles. The minimum absolute atomic E-state index is 0.364. The van der Waals surface area contributed by atoms with Gasteiger partial charge in [0, 0.05) is 5.92 Å². The second kappa shape index (κ2) is 8.40. The highest BCUT2D eigenvalue weighted by atomic mass is 28.4. The number of hydrogen-bond donors (Lipinski definition) is 0. The van der Waals surface area contributed by atoms with Crippen LogP contribution in [-0.4, -0.2) is 21.0 Å². The molecule has 0 amide bonds. The lowest BCUT2D eigenvalue weighted by atomic mass is 9.79. The van der Waals surface area contributed by atoms with Crippen LogP contribution in [0.3, 0.4) is 0 Å². The molecule has 1 heterocycles. The second-order valence-corrected chi connectivity index (χ2v) is 14.4. The zero-order chi connectivity index (χ0) is 17.9. The molecule has 1 saturated carbocycles. The SMILES string of the molecule is CC(C)[Si](OC1=CCO[C@H](C2CCCCC2)[C@H]1C)(C(C)C)C(C)C. The molecule has 0 aromatic rings. The van der Waals surface area contributed by atoms with Crippen LogP contribution in [0.4, 0.5) is 0 Å². The molecule has 2 aliphatic rings. The fourth-order valence-electron chi connectivity index (χ4n) is 5.43. The Labute approximate surface area is 151 Å². The Bertz CT molecular complexity index is 400. The molecule has 1 aliphatic heterocycles. The van der Waals surface area contributed by atoms with E-state index < -0.39 is 8.32 Å². The Hall–Kier alpha value is -0.283. The van der Waals surface area contributed by atoms with Crippen molar-refractivity contribution in [1.29, 1.82) is 0 Å². The Morgan fingerprint density at radius 3 is 2.00 bits per heavy atom. The lowest BCUT2D eigenvalue weighted by Gasteiger charge is -2.46. The van der Waals surface area contributed by atoms with Crippen LogP contribution in [0.1, 0.15) is 80.6 Å². The number of ether oxygens (including phenoxy) is 1. The highest BCUT2D eigenvalue weighted by molar-refractivity contribution is 6.77. The summed E-state index contributed by atoms with van der Waals surface area (Å²) in [5.41, 5.74) is 1.88. The summed E-state index contributed by atoms with van der Waals surface area (Å²) in [6, 6.07) is 0. The highest BCUT2D eigenvalue weighted by Crippen LogP contribution is 2.46. The van der Waals surface area contributed by atoms with Crippen LogP contribution in [0.2, 0.25) is 16.6 Å². The molecule has 2 atom stereocenters. The van der Waals surface area contributed by atoms with E-state index in [-0.39, 0.29) is 0 Å². The third-order valence-corrected chi connectivity index (χ3v) is 12.6. The van der Waals surface area contributed by atoms with Gasteiger partial charge in [-0.3, -0.25) is 0 Å². The van der Waals surface area contributed by atoms with Gasteiger partial charge in [0.2, 0.25) is 0 Å². The molecule has 0 saturated heterocycles. The maximum absolute atomic E-state index is 7.02. The van der Waals surface area contributed by atoms with Crippen molar-refractivity contribution in [3.8, 4) is 0 Å². The van der Waals surface area contributed by atoms with Gasteiger partial charge >= 0.3 is 0 Å².